The van der Waals surface area contributed by atoms with Crippen LogP contribution in [0.25, 0.3) is 0 Å². The average molecular weight is 305 g/mol. The fourth-order valence-electron chi connectivity index (χ4n) is 2.15. The number of sulfone groups is 1. The second-order valence-electron chi connectivity index (χ2n) is 5.09. The van der Waals surface area contributed by atoms with Gasteiger partial charge in [0.1, 0.15) is 5.75 Å². The van der Waals surface area contributed by atoms with Crippen LogP contribution in [0.5, 0.6) is 5.75 Å². The predicted octanol–water partition coefficient (Wildman–Crippen LogP) is 2.87. The topological polar surface area (TPSA) is 69.4 Å². The standard InChI is InChI=1S/C16H19NO3S/c1-11-4-5-12(2)13(8-11)10-21(18,19)16-9-14(20-3)6-7-15(16)17/h4-9H,10,17H2,1-3H3. The zero-order valence-corrected chi connectivity index (χ0v) is 13.2. The van der Waals surface area contributed by atoms with Crippen molar-refractivity contribution in [3.63, 3.8) is 0 Å². The molecule has 0 aliphatic rings. The number of nitrogen functional groups attached to an aromatic ring is 1. The number of benzene rings is 2. The minimum atomic E-state index is -3.52. The van der Waals surface area contributed by atoms with Gasteiger partial charge in [0, 0.05) is 6.07 Å². The quantitative estimate of drug-likeness (QED) is 0.882. The molecule has 0 spiro atoms. The number of methoxy groups -OCH3 is 1. The molecule has 0 unspecified atom stereocenters. The molecule has 0 saturated carbocycles. The van der Waals surface area contributed by atoms with Gasteiger partial charge in [-0.1, -0.05) is 23.8 Å². The fraction of sp³-hybridized carbons (Fsp3) is 0.250. The van der Waals surface area contributed by atoms with E-state index < -0.39 is 9.84 Å². The lowest BCUT2D eigenvalue weighted by Gasteiger charge is -2.11. The Bertz CT molecular complexity index is 767. The molecule has 0 saturated heterocycles. The van der Waals surface area contributed by atoms with Crippen molar-refractivity contribution in [3.8, 4) is 5.75 Å². The molecule has 0 radical (unpaired) electrons. The first-order chi connectivity index (χ1) is 9.83. The van der Waals surface area contributed by atoms with E-state index in [1.54, 1.807) is 12.1 Å². The zero-order valence-electron chi connectivity index (χ0n) is 12.4. The summed E-state index contributed by atoms with van der Waals surface area (Å²) in [5.74, 6) is 0.404. The highest BCUT2D eigenvalue weighted by molar-refractivity contribution is 7.90. The average Bonchev–Trinajstić information content (AvgIpc) is 2.43. The third kappa shape index (κ3) is 3.36. The van der Waals surface area contributed by atoms with Gasteiger partial charge in [-0.25, -0.2) is 8.42 Å². The van der Waals surface area contributed by atoms with Gasteiger partial charge in [0.25, 0.3) is 0 Å². The molecule has 0 atom stereocenters. The summed E-state index contributed by atoms with van der Waals surface area (Å²) in [6.45, 7) is 3.84. The van der Waals surface area contributed by atoms with Crippen LogP contribution in [0.4, 0.5) is 5.69 Å². The molecular formula is C16H19NO3S. The predicted molar refractivity (Wildman–Crippen MR) is 84.2 cm³/mol. The molecule has 0 aliphatic heterocycles. The van der Waals surface area contributed by atoms with Crippen LogP contribution < -0.4 is 10.5 Å². The van der Waals surface area contributed by atoms with Crippen LogP contribution in [-0.4, -0.2) is 15.5 Å². The molecule has 0 heterocycles. The van der Waals surface area contributed by atoms with Crippen LogP contribution in [-0.2, 0) is 15.6 Å². The zero-order chi connectivity index (χ0) is 15.6. The SMILES string of the molecule is COc1ccc(N)c(S(=O)(=O)Cc2cc(C)ccc2C)c1. The first-order valence-electron chi connectivity index (χ1n) is 6.56. The maximum absolute atomic E-state index is 12.6. The summed E-state index contributed by atoms with van der Waals surface area (Å²) in [5, 5.41) is 0. The molecule has 2 aromatic carbocycles. The third-order valence-corrected chi connectivity index (χ3v) is 5.12. The highest BCUT2D eigenvalue weighted by Gasteiger charge is 2.20. The number of hydrogen-bond donors (Lipinski definition) is 1. The summed E-state index contributed by atoms with van der Waals surface area (Å²) in [7, 11) is -2.03. The van der Waals surface area contributed by atoms with E-state index in [9.17, 15) is 8.42 Å². The monoisotopic (exact) mass is 305 g/mol. The molecule has 0 amide bonds. The van der Waals surface area contributed by atoms with Crippen molar-refractivity contribution in [2.75, 3.05) is 12.8 Å². The molecule has 2 N–H and O–H groups in total. The van der Waals surface area contributed by atoms with Crippen molar-refractivity contribution in [2.45, 2.75) is 24.5 Å². The third-order valence-electron chi connectivity index (χ3n) is 3.41. The molecule has 2 rings (SSSR count). The van der Waals surface area contributed by atoms with E-state index in [2.05, 4.69) is 0 Å². The summed E-state index contributed by atoms with van der Waals surface area (Å²) in [6.07, 6.45) is 0. The van der Waals surface area contributed by atoms with E-state index in [0.29, 0.717) is 5.75 Å². The van der Waals surface area contributed by atoms with Crippen molar-refractivity contribution < 1.29 is 13.2 Å². The van der Waals surface area contributed by atoms with E-state index in [-0.39, 0.29) is 16.3 Å². The first-order valence-corrected chi connectivity index (χ1v) is 8.21. The summed E-state index contributed by atoms with van der Waals surface area (Å²) < 4.78 is 30.3. The number of nitrogens with two attached hydrogens (primary N) is 1. The molecule has 0 aromatic heterocycles. The van der Waals surface area contributed by atoms with Crippen LogP contribution in [0, 0.1) is 13.8 Å². The van der Waals surface area contributed by atoms with Gasteiger partial charge in [-0.3, -0.25) is 0 Å². The number of ether oxygens (including phenoxy) is 1. The van der Waals surface area contributed by atoms with Gasteiger partial charge in [0.2, 0.25) is 0 Å². The number of aryl methyl sites for hydroxylation is 2. The van der Waals surface area contributed by atoms with Crippen molar-refractivity contribution in [3.05, 3.63) is 53.1 Å². The number of anilines is 1. The van der Waals surface area contributed by atoms with E-state index in [1.807, 2.05) is 32.0 Å². The Hall–Kier alpha value is -2.01. The minimum Gasteiger partial charge on any atom is -0.497 e. The van der Waals surface area contributed by atoms with Crippen LogP contribution in [0.3, 0.4) is 0 Å². The summed E-state index contributed by atoms with van der Waals surface area (Å²) in [5.41, 5.74) is 8.82. The summed E-state index contributed by atoms with van der Waals surface area (Å²) >= 11 is 0. The number of rotatable bonds is 4. The second-order valence-corrected chi connectivity index (χ2v) is 7.05. The molecule has 5 heteroatoms. The first kappa shape index (κ1) is 15.4. The highest BCUT2D eigenvalue weighted by atomic mass is 32.2. The Kier molecular flexibility index (Phi) is 4.23. The van der Waals surface area contributed by atoms with Crippen LogP contribution in [0.15, 0.2) is 41.3 Å². The Morgan fingerprint density at radius 1 is 1.10 bits per heavy atom. The molecule has 0 bridgehead atoms. The van der Waals surface area contributed by atoms with Crippen molar-refractivity contribution in [2.24, 2.45) is 0 Å². The molecule has 0 aliphatic carbocycles. The molecule has 2 aromatic rings. The Labute approximate surface area is 125 Å². The summed E-state index contributed by atoms with van der Waals surface area (Å²) in [6, 6.07) is 10.4. The second kappa shape index (κ2) is 5.77. The normalized spacial score (nSPS) is 11.4. The van der Waals surface area contributed by atoms with Crippen LogP contribution in [0.2, 0.25) is 0 Å². The van der Waals surface area contributed by atoms with Crippen molar-refractivity contribution >= 4 is 15.5 Å². The Morgan fingerprint density at radius 2 is 1.81 bits per heavy atom. The van der Waals surface area contributed by atoms with E-state index in [0.717, 1.165) is 16.7 Å². The molecule has 112 valence electrons. The van der Waals surface area contributed by atoms with Gasteiger partial charge in [-0.15, -0.1) is 0 Å². The Morgan fingerprint density at radius 3 is 2.48 bits per heavy atom. The van der Waals surface area contributed by atoms with Gasteiger partial charge in [0.05, 0.1) is 23.4 Å². The molecule has 4 nitrogen and oxygen atoms in total. The van der Waals surface area contributed by atoms with Gasteiger partial charge in [-0.05, 0) is 37.1 Å². The van der Waals surface area contributed by atoms with E-state index >= 15 is 0 Å². The smallest absolute Gasteiger partial charge is 0.184 e. The lowest BCUT2D eigenvalue weighted by atomic mass is 10.1. The van der Waals surface area contributed by atoms with Gasteiger partial charge in [0.15, 0.2) is 9.84 Å². The largest absolute Gasteiger partial charge is 0.497 e. The van der Waals surface area contributed by atoms with Gasteiger partial charge in [-0.2, -0.15) is 0 Å². The van der Waals surface area contributed by atoms with Crippen LogP contribution >= 0.6 is 0 Å². The lowest BCUT2D eigenvalue weighted by molar-refractivity contribution is 0.413. The molecular weight excluding hydrogens is 286 g/mol. The molecule has 21 heavy (non-hydrogen) atoms. The van der Waals surface area contributed by atoms with Gasteiger partial charge < -0.3 is 10.5 Å². The fourth-order valence-corrected chi connectivity index (χ4v) is 3.75. The van der Waals surface area contributed by atoms with Crippen molar-refractivity contribution in [1.29, 1.82) is 0 Å². The lowest BCUT2D eigenvalue weighted by Crippen LogP contribution is -2.09. The van der Waals surface area contributed by atoms with E-state index in [1.165, 1.54) is 13.2 Å². The minimum absolute atomic E-state index is 0.0715. The number of hydrogen-bond acceptors (Lipinski definition) is 4. The maximum Gasteiger partial charge on any atom is 0.184 e. The highest BCUT2D eigenvalue weighted by Crippen LogP contribution is 2.27. The maximum atomic E-state index is 12.6. The van der Waals surface area contributed by atoms with E-state index in [4.69, 9.17) is 10.5 Å². The molecule has 0 fully saturated rings. The van der Waals surface area contributed by atoms with Crippen LogP contribution in [0.1, 0.15) is 16.7 Å². The van der Waals surface area contributed by atoms with Crippen molar-refractivity contribution in [1.82, 2.24) is 0 Å². The van der Waals surface area contributed by atoms with Gasteiger partial charge >= 0.3 is 0 Å². The summed E-state index contributed by atoms with van der Waals surface area (Å²) in [4.78, 5) is 0.114. The Balaban J connectivity index is 2.45.